The van der Waals surface area contributed by atoms with E-state index in [-0.39, 0.29) is 11.9 Å². The number of thiocarbonyl (C=S) groups is 1. The van der Waals surface area contributed by atoms with Gasteiger partial charge in [-0.3, -0.25) is 4.79 Å². The lowest BCUT2D eigenvalue weighted by molar-refractivity contribution is 0.0771. The number of fused-ring (bicyclic) bond motifs is 1. The highest BCUT2D eigenvalue weighted by Gasteiger charge is 2.32. The monoisotopic (exact) mass is 274 g/mol. The first kappa shape index (κ1) is 12.2. The van der Waals surface area contributed by atoms with Crippen LogP contribution in [-0.4, -0.2) is 28.4 Å². The maximum absolute atomic E-state index is 12.6. The number of benzene rings is 1. The molecular weight excluding hydrogens is 260 g/mol. The second kappa shape index (κ2) is 4.66. The molecule has 98 valence electrons. The lowest BCUT2D eigenvalue weighted by Crippen LogP contribution is -2.42. The van der Waals surface area contributed by atoms with Crippen molar-refractivity contribution in [2.75, 3.05) is 6.54 Å². The lowest BCUT2D eigenvalue weighted by Gasteiger charge is -2.23. The molecule has 1 unspecified atom stereocenters. The fourth-order valence-corrected chi connectivity index (χ4v) is 2.85. The van der Waals surface area contributed by atoms with Crippen LogP contribution in [0, 0.1) is 0 Å². The Morgan fingerprint density at radius 2 is 2.21 bits per heavy atom. The van der Waals surface area contributed by atoms with Crippen molar-refractivity contribution in [3.05, 3.63) is 36.1 Å². The first-order valence-electron chi connectivity index (χ1n) is 6.25. The molecular formula is C14H14N2O2S. The maximum Gasteiger partial charge on any atom is 0.258 e. The zero-order chi connectivity index (χ0) is 13.4. The molecule has 1 aromatic carbocycles. The molecule has 0 saturated carbocycles. The summed E-state index contributed by atoms with van der Waals surface area (Å²) in [5, 5.41) is 0.834. The number of rotatable bonds is 2. The fourth-order valence-electron chi connectivity index (χ4n) is 2.60. The Bertz CT molecular complexity index is 650. The molecule has 0 radical (unpaired) electrons. The Kier molecular flexibility index (Phi) is 2.98. The Hall–Kier alpha value is -1.88. The summed E-state index contributed by atoms with van der Waals surface area (Å²) in [6.45, 7) is 0.695. The summed E-state index contributed by atoms with van der Waals surface area (Å²) in [5.74, 6) is -0.0553. The van der Waals surface area contributed by atoms with E-state index in [1.165, 1.54) is 6.26 Å². The van der Waals surface area contributed by atoms with E-state index in [1.807, 2.05) is 24.3 Å². The highest BCUT2D eigenvalue weighted by Crippen LogP contribution is 2.26. The zero-order valence-corrected chi connectivity index (χ0v) is 11.2. The Balaban J connectivity index is 1.98. The molecule has 1 aliphatic heterocycles. The number of carbonyl (C=O) groups is 1. The van der Waals surface area contributed by atoms with Gasteiger partial charge in [0.05, 0.1) is 16.6 Å². The third kappa shape index (κ3) is 2.00. The molecule has 1 saturated heterocycles. The Morgan fingerprint density at radius 1 is 1.42 bits per heavy atom. The maximum atomic E-state index is 12.6. The number of nitrogens with zero attached hydrogens (tertiary/aromatic N) is 1. The highest BCUT2D eigenvalue weighted by molar-refractivity contribution is 7.80. The largest absolute Gasteiger partial charge is 0.463 e. The third-order valence-corrected chi connectivity index (χ3v) is 3.83. The summed E-state index contributed by atoms with van der Waals surface area (Å²) in [7, 11) is 0. The SMILES string of the molecule is NC(=S)C1CCCN1C(=O)c1coc2ccccc12. The van der Waals surface area contributed by atoms with Crippen molar-refractivity contribution in [1.82, 2.24) is 4.90 Å². The predicted octanol–water partition coefficient (Wildman–Crippen LogP) is 2.32. The first-order chi connectivity index (χ1) is 9.18. The van der Waals surface area contributed by atoms with Gasteiger partial charge in [-0.1, -0.05) is 30.4 Å². The summed E-state index contributed by atoms with van der Waals surface area (Å²) >= 11 is 5.04. The standard InChI is InChI=1S/C14H14N2O2S/c15-13(19)11-5-3-7-16(11)14(17)10-8-18-12-6-2-1-4-9(10)12/h1-2,4,6,8,11H,3,5,7H2,(H2,15,19). The van der Waals surface area contributed by atoms with Crippen LogP contribution in [0.5, 0.6) is 0 Å². The average Bonchev–Trinajstić information content (AvgIpc) is 3.05. The van der Waals surface area contributed by atoms with E-state index in [0.717, 1.165) is 23.8 Å². The van der Waals surface area contributed by atoms with Crippen LogP contribution in [0.4, 0.5) is 0 Å². The average molecular weight is 274 g/mol. The van der Waals surface area contributed by atoms with Crippen LogP contribution < -0.4 is 5.73 Å². The van der Waals surface area contributed by atoms with Gasteiger partial charge in [-0.05, 0) is 18.9 Å². The van der Waals surface area contributed by atoms with Crippen LogP contribution in [0.25, 0.3) is 11.0 Å². The van der Waals surface area contributed by atoms with Crippen molar-refractivity contribution in [2.45, 2.75) is 18.9 Å². The first-order valence-corrected chi connectivity index (χ1v) is 6.66. The minimum absolute atomic E-state index is 0.0553. The van der Waals surface area contributed by atoms with Gasteiger partial charge in [0, 0.05) is 11.9 Å². The van der Waals surface area contributed by atoms with Gasteiger partial charge in [0.15, 0.2) is 0 Å². The van der Waals surface area contributed by atoms with E-state index in [2.05, 4.69) is 0 Å². The molecule has 0 bridgehead atoms. The molecule has 3 rings (SSSR count). The van der Waals surface area contributed by atoms with Gasteiger partial charge in [0.25, 0.3) is 5.91 Å². The number of likely N-dealkylation sites (tertiary alicyclic amines) is 1. The van der Waals surface area contributed by atoms with Gasteiger partial charge in [0.1, 0.15) is 11.8 Å². The van der Waals surface area contributed by atoms with Crippen molar-refractivity contribution in [2.24, 2.45) is 5.73 Å². The molecule has 2 N–H and O–H groups in total. The molecule has 0 aliphatic carbocycles. The molecule has 2 heterocycles. The van der Waals surface area contributed by atoms with Crippen LogP contribution in [0.1, 0.15) is 23.2 Å². The normalized spacial score (nSPS) is 18.9. The second-order valence-corrected chi connectivity index (χ2v) is 5.18. The lowest BCUT2D eigenvalue weighted by atomic mass is 10.1. The highest BCUT2D eigenvalue weighted by atomic mass is 32.1. The molecule has 1 amide bonds. The molecule has 1 fully saturated rings. The number of para-hydroxylation sites is 1. The second-order valence-electron chi connectivity index (χ2n) is 4.70. The van der Waals surface area contributed by atoms with Crippen molar-refractivity contribution in [1.29, 1.82) is 0 Å². The van der Waals surface area contributed by atoms with Gasteiger partial charge in [-0.15, -0.1) is 0 Å². The van der Waals surface area contributed by atoms with E-state index in [0.29, 0.717) is 17.1 Å². The molecule has 1 aromatic heterocycles. The van der Waals surface area contributed by atoms with Crippen LogP contribution in [-0.2, 0) is 0 Å². The molecule has 1 aliphatic rings. The number of hydrogen-bond donors (Lipinski definition) is 1. The van der Waals surface area contributed by atoms with Gasteiger partial charge < -0.3 is 15.1 Å². The van der Waals surface area contributed by atoms with Crippen molar-refractivity contribution >= 4 is 34.1 Å². The van der Waals surface area contributed by atoms with E-state index in [9.17, 15) is 4.79 Å². The van der Waals surface area contributed by atoms with E-state index < -0.39 is 0 Å². The zero-order valence-electron chi connectivity index (χ0n) is 10.3. The van der Waals surface area contributed by atoms with Crippen LogP contribution >= 0.6 is 12.2 Å². The molecule has 5 heteroatoms. The van der Waals surface area contributed by atoms with Crippen LogP contribution in [0.3, 0.4) is 0 Å². The summed E-state index contributed by atoms with van der Waals surface area (Å²) < 4.78 is 5.41. The minimum atomic E-state index is -0.129. The smallest absolute Gasteiger partial charge is 0.258 e. The van der Waals surface area contributed by atoms with Gasteiger partial charge >= 0.3 is 0 Å². The number of hydrogen-bond acceptors (Lipinski definition) is 3. The van der Waals surface area contributed by atoms with Gasteiger partial charge in [0.2, 0.25) is 0 Å². The van der Waals surface area contributed by atoms with E-state index in [4.69, 9.17) is 22.4 Å². The van der Waals surface area contributed by atoms with E-state index >= 15 is 0 Å². The van der Waals surface area contributed by atoms with Gasteiger partial charge in [-0.2, -0.15) is 0 Å². The molecule has 0 spiro atoms. The van der Waals surface area contributed by atoms with Crippen molar-refractivity contribution < 1.29 is 9.21 Å². The van der Waals surface area contributed by atoms with Crippen LogP contribution in [0.2, 0.25) is 0 Å². The summed E-state index contributed by atoms with van der Waals surface area (Å²) in [6.07, 6.45) is 3.29. The topological polar surface area (TPSA) is 59.5 Å². The number of carbonyl (C=O) groups excluding carboxylic acids is 1. The van der Waals surface area contributed by atoms with Crippen LogP contribution in [0.15, 0.2) is 34.9 Å². The fraction of sp³-hybridized carbons (Fsp3) is 0.286. The number of furan rings is 1. The summed E-state index contributed by atoms with van der Waals surface area (Å²) in [5.41, 5.74) is 7.01. The number of nitrogens with two attached hydrogens (primary N) is 1. The summed E-state index contributed by atoms with van der Waals surface area (Å²) in [6, 6.07) is 7.38. The summed E-state index contributed by atoms with van der Waals surface area (Å²) in [4.78, 5) is 14.7. The quantitative estimate of drug-likeness (QED) is 0.854. The molecule has 19 heavy (non-hydrogen) atoms. The van der Waals surface area contributed by atoms with Crippen molar-refractivity contribution in [3.63, 3.8) is 0 Å². The third-order valence-electron chi connectivity index (χ3n) is 3.55. The van der Waals surface area contributed by atoms with Gasteiger partial charge in [-0.25, -0.2) is 0 Å². The minimum Gasteiger partial charge on any atom is -0.463 e. The molecule has 2 aromatic rings. The Labute approximate surface area is 116 Å². The number of amides is 1. The Morgan fingerprint density at radius 3 is 3.00 bits per heavy atom. The molecule has 1 atom stereocenters. The molecule has 4 nitrogen and oxygen atoms in total. The predicted molar refractivity (Wildman–Crippen MR) is 77.1 cm³/mol. The van der Waals surface area contributed by atoms with Crippen molar-refractivity contribution in [3.8, 4) is 0 Å². The van der Waals surface area contributed by atoms with E-state index in [1.54, 1.807) is 4.90 Å².